The maximum absolute atomic E-state index is 13.8. The molecule has 0 spiro atoms. The van der Waals surface area contributed by atoms with Gasteiger partial charge in [-0.3, -0.25) is 14.9 Å². The summed E-state index contributed by atoms with van der Waals surface area (Å²) in [7, 11) is 0. The van der Waals surface area contributed by atoms with Crippen molar-refractivity contribution in [1.29, 1.82) is 0 Å². The van der Waals surface area contributed by atoms with E-state index in [-0.39, 0.29) is 27.5 Å². The molecule has 0 amide bonds. The van der Waals surface area contributed by atoms with Crippen LogP contribution >= 0.6 is 11.6 Å². The number of non-ortho nitro benzene ring substituents is 1. The summed E-state index contributed by atoms with van der Waals surface area (Å²) in [5.74, 6) is -4.12. The van der Waals surface area contributed by atoms with Crippen molar-refractivity contribution >= 4 is 34.2 Å². The SMILES string of the molecule is Cc1cccc(Oc2c(C(F)(F)F)oc3cc(OC(=O)c4cc([N+](=O)[O-])ccc4Cl)ccc3c2=O)c1. The highest BCUT2D eigenvalue weighted by Crippen LogP contribution is 2.39. The van der Waals surface area contributed by atoms with Crippen LogP contribution in [0.3, 0.4) is 0 Å². The number of nitrogens with zero attached hydrogens (tertiary/aromatic N) is 1. The molecule has 0 N–H and O–H groups in total. The van der Waals surface area contributed by atoms with Crippen LogP contribution in [0.4, 0.5) is 18.9 Å². The summed E-state index contributed by atoms with van der Waals surface area (Å²) >= 11 is 5.92. The van der Waals surface area contributed by atoms with Crippen molar-refractivity contribution in [3.63, 3.8) is 0 Å². The Balaban J connectivity index is 1.75. The van der Waals surface area contributed by atoms with Crippen LogP contribution < -0.4 is 14.9 Å². The summed E-state index contributed by atoms with van der Waals surface area (Å²) in [4.78, 5) is 35.6. The van der Waals surface area contributed by atoms with Crippen LogP contribution in [0.2, 0.25) is 5.02 Å². The highest BCUT2D eigenvalue weighted by molar-refractivity contribution is 6.33. The molecular weight excluding hydrogens is 507 g/mol. The smallest absolute Gasteiger partial charge is 0.449 e. The number of hydrogen-bond acceptors (Lipinski definition) is 7. The zero-order valence-corrected chi connectivity index (χ0v) is 18.8. The van der Waals surface area contributed by atoms with E-state index in [9.17, 15) is 32.9 Å². The Morgan fingerprint density at radius 2 is 1.81 bits per heavy atom. The maximum atomic E-state index is 13.8. The van der Waals surface area contributed by atoms with E-state index >= 15 is 0 Å². The second-order valence-corrected chi connectivity index (χ2v) is 7.88. The van der Waals surface area contributed by atoms with Crippen molar-refractivity contribution in [3.05, 3.63) is 103 Å². The van der Waals surface area contributed by atoms with Gasteiger partial charge in [0.25, 0.3) is 11.4 Å². The Hall–Kier alpha value is -4.38. The first kappa shape index (κ1) is 24.7. The second kappa shape index (κ2) is 9.34. The van der Waals surface area contributed by atoms with Crippen LogP contribution in [-0.2, 0) is 6.18 Å². The molecule has 1 aromatic heterocycles. The normalized spacial score (nSPS) is 11.4. The van der Waals surface area contributed by atoms with Gasteiger partial charge in [0.1, 0.15) is 17.1 Å². The number of aryl methyl sites for hydroxylation is 1. The number of benzene rings is 3. The molecule has 1 heterocycles. The number of ether oxygens (including phenoxy) is 2. The molecule has 0 aliphatic carbocycles. The van der Waals surface area contributed by atoms with Crippen LogP contribution in [0, 0.1) is 17.0 Å². The number of rotatable bonds is 5. The van der Waals surface area contributed by atoms with Gasteiger partial charge in [0, 0.05) is 18.2 Å². The first-order valence-electron chi connectivity index (χ1n) is 10.0. The molecule has 0 atom stereocenters. The van der Waals surface area contributed by atoms with Crippen LogP contribution in [0.15, 0.2) is 69.9 Å². The highest BCUT2D eigenvalue weighted by atomic mass is 35.5. The fourth-order valence-corrected chi connectivity index (χ4v) is 3.44. The molecule has 4 aromatic rings. The largest absolute Gasteiger partial charge is 0.453 e. The zero-order chi connectivity index (χ0) is 26.2. The van der Waals surface area contributed by atoms with E-state index in [2.05, 4.69) is 0 Å². The van der Waals surface area contributed by atoms with E-state index < -0.39 is 45.3 Å². The minimum atomic E-state index is -5.09. The van der Waals surface area contributed by atoms with E-state index in [4.69, 9.17) is 25.5 Å². The Bertz CT molecular complexity index is 1580. The molecule has 0 saturated heterocycles. The van der Waals surface area contributed by atoms with Gasteiger partial charge < -0.3 is 13.9 Å². The molecule has 0 saturated carbocycles. The predicted molar refractivity (Wildman–Crippen MR) is 122 cm³/mol. The molecule has 0 aliphatic rings. The average Bonchev–Trinajstić information content (AvgIpc) is 2.80. The number of nitro groups is 1. The molecule has 0 unspecified atom stereocenters. The number of halogens is 4. The summed E-state index contributed by atoms with van der Waals surface area (Å²) in [6, 6.07) is 12.3. The summed E-state index contributed by atoms with van der Waals surface area (Å²) in [5, 5.41) is 10.6. The van der Waals surface area contributed by atoms with Gasteiger partial charge >= 0.3 is 12.1 Å². The van der Waals surface area contributed by atoms with Gasteiger partial charge in [-0.05, 0) is 42.8 Å². The lowest BCUT2D eigenvalue weighted by molar-refractivity contribution is -0.384. The monoisotopic (exact) mass is 519 g/mol. The molecule has 3 aromatic carbocycles. The zero-order valence-electron chi connectivity index (χ0n) is 18.1. The lowest BCUT2D eigenvalue weighted by Crippen LogP contribution is -2.15. The maximum Gasteiger partial charge on any atom is 0.453 e. The summed E-state index contributed by atoms with van der Waals surface area (Å²) < 4.78 is 56.6. The van der Waals surface area contributed by atoms with Crippen LogP contribution in [-0.4, -0.2) is 10.9 Å². The molecule has 0 radical (unpaired) electrons. The van der Waals surface area contributed by atoms with Gasteiger partial charge in [-0.1, -0.05) is 23.7 Å². The van der Waals surface area contributed by atoms with Crippen molar-refractivity contribution in [3.8, 4) is 17.2 Å². The first-order valence-corrected chi connectivity index (χ1v) is 10.4. The third kappa shape index (κ3) is 5.01. The number of nitro benzene ring substituents is 1. The molecule has 4 rings (SSSR count). The van der Waals surface area contributed by atoms with E-state index in [1.807, 2.05) is 0 Å². The number of esters is 1. The number of alkyl halides is 3. The minimum absolute atomic E-state index is 0.00605. The molecule has 0 fully saturated rings. The Morgan fingerprint density at radius 3 is 2.47 bits per heavy atom. The van der Waals surface area contributed by atoms with Gasteiger partial charge in [0.05, 0.1) is 20.9 Å². The number of fused-ring (bicyclic) bond motifs is 1. The molecule has 36 heavy (non-hydrogen) atoms. The van der Waals surface area contributed by atoms with Crippen molar-refractivity contribution in [2.24, 2.45) is 0 Å². The number of hydrogen-bond donors (Lipinski definition) is 0. The molecule has 0 aliphatic heterocycles. The quantitative estimate of drug-likeness (QED) is 0.125. The standard InChI is InChI=1S/C24H13ClF3NO7/c1-12-3-2-4-14(9-12)34-21-20(30)16-7-6-15(11-19(16)36-22(21)24(26,27)28)35-23(31)17-10-13(29(32)33)5-8-18(17)25/h2-11H,1H3. The van der Waals surface area contributed by atoms with E-state index in [1.165, 1.54) is 12.1 Å². The molecule has 184 valence electrons. The lowest BCUT2D eigenvalue weighted by Gasteiger charge is -2.14. The summed E-state index contributed by atoms with van der Waals surface area (Å²) in [6.45, 7) is 1.70. The van der Waals surface area contributed by atoms with Gasteiger partial charge in [0.15, 0.2) is 0 Å². The van der Waals surface area contributed by atoms with Crippen molar-refractivity contribution in [2.75, 3.05) is 0 Å². The minimum Gasteiger partial charge on any atom is -0.449 e. The van der Waals surface area contributed by atoms with Gasteiger partial charge in [-0.15, -0.1) is 0 Å². The van der Waals surface area contributed by atoms with E-state index in [1.54, 1.807) is 19.1 Å². The molecule has 12 heteroatoms. The Labute approximate surface area is 204 Å². The fraction of sp³-hybridized carbons (Fsp3) is 0.0833. The van der Waals surface area contributed by atoms with Crippen molar-refractivity contribution < 1.29 is 36.8 Å². The molecular formula is C24H13ClF3NO7. The summed E-state index contributed by atoms with van der Waals surface area (Å²) in [5.41, 5.74) is -1.69. The third-order valence-electron chi connectivity index (χ3n) is 4.88. The van der Waals surface area contributed by atoms with Gasteiger partial charge in [-0.25, -0.2) is 4.79 Å². The topological polar surface area (TPSA) is 109 Å². The third-order valence-corrected chi connectivity index (χ3v) is 5.21. The first-order chi connectivity index (χ1) is 16.9. The lowest BCUT2D eigenvalue weighted by atomic mass is 10.2. The van der Waals surface area contributed by atoms with Gasteiger partial charge in [0.2, 0.25) is 11.2 Å². The van der Waals surface area contributed by atoms with Gasteiger partial charge in [-0.2, -0.15) is 13.2 Å². The number of carbonyl (C=O) groups excluding carboxylic acids is 1. The Morgan fingerprint density at radius 1 is 1.06 bits per heavy atom. The average molecular weight is 520 g/mol. The van der Waals surface area contributed by atoms with Crippen molar-refractivity contribution in [2.45, 2.75) is 13.1 Å². The molecule has 0 bridgehead atoms. The highest BCUT2D eigenvalue weighted by Gasteiger charge is 2.40. The van der Waals surface area contributed by atoms with E-state index in [0.717, 1.165) is 36.4 Å². The molecule has 8 nitrogen and oxygen atoms in total. The van der Waals surface area contributed by atoms with Crippen LogP contribution in [0.5, 0.6) is 17.2 Å². The second-order valence-electron chi connectivity index (χ2n) is 7.47. The van der Waals surface area contributed by atoms with Crippen LogP contribution in [0.1, 0.15) is 21.7 Å². The van der Waals surface area contributed by atoms with E-state index in [0.29, 0.717) is 5.56 Å². The Kier molecular flexibility index (Phi) is 6.42. The van der Waals surface area contributed by atoms with Crippen molar-refractivity contribution in [1.82, 2.24) is 0 Å². The van der Waals surface area contributed by atoms with Crippen LogP contribution in [0.25, 0.3) is 11.0 Å². The fourth-order valence-electron chi connectivity index (χ4n) is 3.24. The predicted octanol–water partition coefficient (Wildman–Crippen LogP) is 6.69. The summed E-state index contributed by atoms with van der Waals surface area (Å²) in [6.07, 6.45) is -5.09. The number of carbonyl (C=O) groups is 1.